The number of hydrogen-bond acceptors (Lipinski definition) is 5. The minimum atomic E-state index is -0.446. The number of hydrogen-bond donors (Lipinski definition) is 1. The second kappa shape index (κ2) is 8.12. The predicted octanol–water partition coefficient (Wildman–Crippen LogP) is 4.43. The topological polar surface area (TPSA) is 44.3 Å². The molecular formula is C21H21ClFN5. The van der Waals surface area contributed by atoms with E-state index in [4.69, 9.17) is 21.6 Å². The van der Waals surface area contributed by atoms with Gasteiger partial charge in [-0.3, -0.25) is 0 Å². The zero-order chi connectivity index (χ0) is 19.5. The summed E-state index contributed by atoms with van der Waals surface area (Å²) in [5, 5.41) is 3.30. The molecule has 0 bridgehead atoms. The summed E-state index contributed by atoms with van der Waals surface area (Å²) in [6.07, 6.45) is 0. The van der Waals surface area contributed by atoms with E-state index in [1.165, 1.54) is 6.07 Å². The summed E-state index contributed by atoms with van der Waals surface area (Å²) in [6.45, 7) is 3.68. The molecule has 0 amide bonds. The molecule has 144 valence electrons. The van der Waals surface area contributed by atoms with Crippen molar-refractivity contribution >= 4 is 29.1 Å². The highest BCUT2D eigenvalue weighted by Crippen LogP contribution is 2.27. The van der Waals surface area contributed by atoms with Crippen molar-refractivity contribution in [3.05, 3.63) is 65.4 Å². The van der Waals surface area contributed by atoms with Crippen LogP contribution in [0.4, 0.5) is 21.8 Å². The molecule has 5 nitrogen and oxygen atoms in total. The van der Waals surface area contributed by atoms with E-state index in [0.29, 0.717) is 17.5 Å². The molecule has 0 unspecified atom stereocenters. The standard InChI is InChI=1S/C21H21ClFN5/c1-27-9-11-28(12-10-27)21-25-19(15-5-3-2-4-6-15)14-20(26-21)24-16-7-8-18(23)17(22)13-16/h2-8,13-14H,9-12H2,1H3,(H,24,25,26). The molecule has 0 radical (unpaired) electrons. The van der Waals surface area contributed by atoms with Crippen LogP contribution in [0.2, 0.25) is 5.02 Å². The van der Waals surface area contributed by atoms with Crippen LogP contribution in [-0.2, 0) is 0 Å². The number of benzene rings is 2. The molecule has 1 aromatic heterocycles. The van der Waals surface area contributed by atoms with Crippen molar-refractivity contribution < 1.29 is 4.39 Å². The van der Waals surface area contributed by atoms with Gasteiger partial charge in [-0.05, 0) is 25.2 Å². The Morgan fingerprint density at radius 1 is 0.964 bits per heavy atom. The third-order valence-corrected chi connectivity index (χ3v) is 5.05. The fourth-order valence-electron chi connectivity index (χ4n) is 3.12. The van der Waals surface area contributed by atoms with Gasteiger partial charge in [0.1, 0.15) is 11.6 Å². The van der Waals surface area contributed by atoms with Gasteiger partial charge in [0.05, 0.1) is 10.7 Å². The molecule has 2 heterocycles. The highest BCUT2D eigenvalue weighted by atomic mass is 35.5. The van der Waals surface area contributed by atoms with Crippen LogP contribution in [-0.4, -0.2) is 48.1 Å². The third-order valence-electron chi connectivity index (χ3n) is 4.76. The number of aromatic nitrogens is 2. The molecule has 0 spiro atoms. The van der Waals surface area contributed by atoms with Gasteiger partial charge in [-0.15, -0.1) is 0 Å². The van der Waals surface area contributed by atoms with Crippen molar-refractivity contribution in [2.75, 3.05) is 43.4 Å². The van der Waals surface area contributed by atoms with Gasteiger partial charge in [0.15, 0.2) is 0 Å². The number of rotatable bonds is 4. The van der Waals surface area contributed by atoms with E-state index < -0.39 is 5.82 Å². The number of piperazine rings is 1. The summed E-state index contributed by atoms with van der Waals surface area (Å²) in [7, 11) is 2.11. The summed E-state index contributed by atoms with van der Waals surface area (Å²) < 4.78 is 13.5. The van der Waals surface area contributed by atoms with Crippen LogP contribution in [0.15, 0.2) is 54.6 Å². The van der Waals surface area contributed by atoms with Gasteiger partial charge in [-0.25, -0.2) is 9.37 Å². The molecule has 1 aliphatic heterocycles. The van der Waals surface area contributed by atoms with Crippen LogP contribution in [0.3, 0.4) is 0 Å². The highest BCUT2D eigenvalue weighted by molar-refractivity contribution is 6.31. The average molecular weight is 398 g/mol. The second-order valence-electron chi connectivity index (χ2n) is 6.85. The minimum Gasteiger partial charge on any atom is -0.340 e. The first-order chi connectivity index (χ1) is 13.6. The Morgan fingerprint density at radius 2 is 1.71 bits per heavy atom. The summed E-state index contributed by atoms with van der Waals surface area (Å²) in [4.78, 5) is 14.0. The lowest BCUT2D eigenvalue weighted by molar-refractivity contribution is 0.311. The van der Waals surface area contributed by atoms with E-state index in [9.17, 15) is 4.39 Å². The van der Waals surface area contributed by atoms with Gasteiger partial charge in [0.25, 0.3) is 0 Å². The molecule has 4 rings (SSSR count). The van der Waals surface area contributed by atoms with Crippen LogP contribution in [0.5, 0.6) is 0 Å². The zero-order valence-electron chi connectivity index (χ0n) is 15.6. The molecule has 3 aromatic rings. The Bertz CT molecular complexity index is 958. The maximum atomic E-state index is 13.5. The number of likely N-dealkylation sites (N-methyl/N-ethyl adjacent to an activating group) is 1. The smallest absolute Gasteiger partial charge is 0.227 e. The van der Waals surface area contributed by atoms with E-state index in [0.717, 1.165) is 37.4 Å². The normalized spacial score (nSPS) is 14.9. The number of anilines is 3. The largest absolute Gasteiger partial charge is 0.340 e. The predicted molar refractivity (Wildman–Crippen MR) is 112 cm³/mol. The number of nitrogens with one attached hydrogen (secondary N) is 1. The fourth-order valence-corrected chi connectivity index (χ4v) is 3.31. The average Bonchev–Trinajstić information content (AvgIpc) is 2.72. The molecule has 0 atom stereocenters. The maximum absolute atomic E-state index is 13.5. The van der Waals surface area contributed by atoms with Crippen LogP contribution >= 0.6 is 11.6 Å². The van der Waals surface area contributed by atoms with Crippen LogP contribution in [0, 0.1) is 5.82 Å². The SMILES string of the molecule is CN1CCN(c2nc(Nc3ccc(F)c(Cl)c3)cc(-c3ccccc3)n2)CC1. The first kappa shape index (κ1) is 18.7. The summed E-state index contributed by atoms with van der Waals surface area (Å²) in [5.41, 5.74) is 2.52. The lowest BCUT2D eigenvalue weighted by atomic mass is 10.1. The molecule has 0 aliphatic carbocycles. The van der Waals surface area contributed by atoms with Crippen LogP contribution in [0.25, 0.3) is 11.3 Å². The molecule has 1 saturated heterocycles. The first-order valence-electron chi connectivity index (χ1n) is 9.18. The molecule has 7 heteroatoms. The van der Waals surface area contributed by atoms with Crippen LogP contribution in [0.1, 0.15) is 0 Å². The van der Waals surface area contributed by atoms with Gasteiger partial charge >= 0.3 is 0 Å². The Kier molecular flexibility index (Phi) is 5.41. The van der Waals surface area contributed by atoms with E-state index in [1.54, 1.807) is 12.1 Å². The van der Waals surface area contributed by atoms with Gasteiger partial charge in [0, 0.05) is 43.5 Å². The Morgan fingerprint density at radius 3 is 2.43 bits per heavy atom. The molecule has 28 heavy (non-hydrogen) atoms. The Hall–Kier alpha value is -2.70. The maximum Gasteiger partial charge on any atom is 0.227 e. The van der Waals surface area contributed by atoms with E-state index >= 15 is 0 Å². The van der Waals surface area contributed by atoms with Gasteiger partial charge in [0.2, 0.25) is 5.95 Å². The number of nitrogens with zero attached hydrogens (tertiary/aromatic N) is 4. The van der Waals surface area contributed by atoms with Gasteiger partial charge in [-0.2, -0.15) is 4.98 Å². The van der Waals surface area contributed by atoms with Crippen molar-refractivity contribution in [1.29, 1.82) is 0 Å². The lowest BCUT2D eigenvalue weighted by Gasteiger charge is -2.32. The molecular weight excluding hydrogens is 377 g/mol. The molecule has 2 aromatic carbocycles. The summed E-state index contributed by atoms with van der Waals surface area (Å²) >= 11 is 5.91. The third kappa shape index (κ3) is 4.24. The van der Waals surface area contributed by atoms with Crippen LogP contribution < -0.4 is 10.2 Å². The molecule has 1 aliphatic rings. The van der Waals surface area contributed by atoms with Crippen molar-refractivity contribution in [3.8, 4) is 11.3 Å². The monoisotopic (exact) mass is 397 g/mol. The van der Waals surface area contributed by atoms with Crippen molar-refractivity contribution in [3.63, 3.8) is 0 Å². The quantitative estimate of drug-likeness (QED) is 0.705. The van der Waals surface area contributed by atoms with E-state index in [1.807, 2.05) is 36.4 Å². The second-order valence-corrected chi connectivity index (χ2v) is 7.26. The van der Waals surface area contributed by atoms with Crippen molar-refractivity contribution in [2.24, 2.45) is 0 Å². The molecule has 1 N–H and O–H groups in total. The summed E-state index contributed by atoms with van der Waals surface area (Å²) in [5.74, 6) is 0.883. The first-order valence-corrected chi connectivity index (χ1v) is 9.56. The Balaban J connectivity index is 1.70. The van der Waals surface area contributed by atoms with Gasteiger partial charge < -0.3 is 15.1 Å². The molecule has 0 saturated carbocycles. The zero-order valence-corrected chi connectivity index (χ0v) is 16.3. The Labute approximate surface area is 168 Å². The van der Waals surface area contributed by atoms with Gasteiger partial charge in [-0.1, -0.05) is 41.9 Å². The lowest BCUT2D eigenvalue weighted by Crippen LogP contribution is -2.45. The van der Waals surface area contributed by atoms with Crippen molar-refractivity contribution in [2.45, 2.75) is 0 Å². The van der Waals surface area contributed by atoms with E-state index in [-0.39, 0.29) is 5.02 Å². The highest BCUT2D eigenvalue weighted by Gasteiger charge is 2.18. The van der Waals surface area contributed by atoms with Crippen molar-refractivity contribution in [1.82, 2.24) is 14.9 Å². The summed E-state index contributed by atoms with van der Waals surface area (Å²) in [6, 6.07) is 16.4. The molecule has 1 fully saturated rings. The van der Waals surface area contributed by atoms with E-state index in [2.05, 4.69) is 22.2 Å². The number of halogens is 2. The minimum absolute atomic E-state index is 0.0710. The fraction of sp³-hybridized carbons (Fsp3) is 0.238.